The van der Waals surface area contributed by atoms with Crippen molar-refractivity contribution in [3.05, 3.63) is 52.2 Å². The summed E-state index contributed by atoms with van der Waals surface area (Å²) in [7, 11) is 1.88. The molecule has 0 spiro atoms. The van der Waals surface area contributed by atoms with Crippen molar-refractivity contribution < 1.29 is 4.39 Å². The second-order valence-electron chi connectivity index (χ2n) is 5.08. The zero-order valence-corrected chi connectivity index (χ0v) is 13.3. The molecule has 0 N–H and O–H groups in total. The molecule has 1 heterocycles. The Morgan fingerprint density at radius 3 is 2.62 bits per heavy atom. The van der Waals surface area contributed by atoms with E-state index in [9.17, 15) is 4.39 Å². The largest absolute Gasteiger partial charge is 0.355 e. The van der Waals surface area contributed by atoms with Crippen LogP contribution in [-0.2, 0) is 13.0 Å². The zero-order chi connectivity index (χ0) is 15.4. The minimum absolute atomic E-state index is 0.212. The minimum Gasteiger partial charge on any atom is -0.355 e. The predicted molar refractivity (Wildman–Crippen MR) is 84.3 cm³/mol. The molecule has 3 nitrogen and oxygen atoms in total. The monoisotopic (exact) mass is 307 g/mol. The van der Waals surface area contributed by atoms with E-state index in [4.69, 9.17) is 11.6 Å². The summed E-state index contributed by atoms with van der Waals surface area (Å²) in [5, 5.41) is 0.462. The number of hydrogen-bond acceptors (Lipinski definition) is 3. The summed E-state index contributed by atoms with van der Waals surface area (Å²) < 4.78 is 13.8. The zero-order valence-electron chi connectivity index (χ0n) is 12.5. The van der Waals surface area contributed by atoms with Gasteiger partial charge in [0.05, 0.1) is 0 Å². The van der Waals surface area contributed by atoms with E-state index in [0.29, 0.717) is 17.3 Å². The molecular formula is C16H19ClFN3. The molecule has 5 heteroatoms. The van der Waals surface area contributed by atoms with Crippen LogP contribution < -0.4 is 4.90 Å². The van der Waals surface area contributed by atoms with Crippen LogP contribution in [0.25, 0.3) is 0 Å². The molecule has 0 saturated carbocycles. The summed E-state index contributed by atoms with van der Waals surface area (Å²) in [4.78, 5) is 10.7. The SMILES string of the molecule is CCCc1nc(Cl)c(C)c(N(C)Cc2ccccc2F)n1. The average Bonchev–Trinajstić information content (AvgIpc) is 2.45. The highest BCUT2D eigenvalue weighted by molar-refractivity contribution is 6.30. The highest BCUT2D eigenvalue weighted by Gasteiger charge is 2.14. The standard InChI is InChI=1S/C16H19ClFN3/c1-4-7-14-19-15(17)11(2)16(20-14)21(3)10-12-8-5-6-9-13(12)18/h5-6,8-9H,4,7,10H2,1-3H3. The van der Waals surface area contributed by atoms with Crippen molar-refractivity contribution in [2.24, 2.45) is 0 Å². The minimum atomic E-state index is -0.212. The normalized spacial score (nSPS) is 10.7. The molecular weight excluding hydrogens is 289 g/mol. The van der Waals surface area contributed by atoms with Crippen LogP contribution in [0.15, 0.2) is 24.3 Å². The van der Waals surface area contributed by atoms with Gasteiger partial charge in [-0.05, 0) is 19.4 Å². The van der Waals surface area contributed by atoms with Crippen LogP contribution in [0.2, 0.25) is 5.15 Å². The Hall–Kier alpha value is -1.68. The number of aromatic nitrogens is 2. The lowest BCUT2D eigenvalue weighted by Gasteiger charge is -2.21. The van der Waals surface area contributed by atoms with E-state index in [1.807, 2.05) is 24.9 Å². The fourth-order valence-electron chi connectivity index (χ4n) is 2.18. The van der Waals surface area contributed by atoms with E-state index in [-0.39, 0.29) is 5.82 Å². The van der Waals surface area contributed by atoms with Crippen LogP contribution in [0.4, 0.5) is 10.2 Å². The Morgan fingerprint density at radius 2 is 1.95 bits per heavy atom. The summed E-state index contributed by atoms with van der Waals surface area (Å²) in [6.07, 6.45) is 1.73. The first kappa shape index (κ1) is 15.7. The molecule has 112 valence electrons. The number of anilines is 1. The summed E-state index contributed by atoms with van der Waals surface area (Å²) in [5.41, 5.74) is 1.45. The molecule has 0 bridgehead atoms. The van der Waals surface area contributed by atoms with Crippen molar-refractivity contribution in [3.8, 4) is 0 Å². The Labute approximate surface area is 129 Å². The summed E-state index contributed by atoms with van der Waals surface area (Å²) in [6, 6.07) is 6.75. The van der Waals surface area contributed by atoms with Crippen LogP contribution in [-0.4, -0.2) is 17.0 Å². The van der Waals surface area contributed by atoms with Gasteiger partial charge in [0.15, 0.2) is 0 Å². The highest BCUT2D eigenvalue weighted by Crippen LogP contribution is 2.24. The van der Waals surface area contributed by atoms with Crippen LogP contribution in [0.5, 0.6) is 0 Å². The molecule has 2 aromatic rings. The third kappa shape index (κ3) is 3.70. The quantitative estimate of drug-likeness (QED) is 0.776. The maximum absolute atomic E-state index is 13.8. The molecule has 0 atom stereocenters. The summed E-state index contributed by atoms with van der Waals surface area (Å²) in [6.45, 7) is 4.39. The second-order valence-corrected chi connectivity index (χ2v) is 5.43. The molecule has 0 aliphatic carbocycles. The summed E-state index contributed by atoms with van der Waals surface area (Å²) in [5.74, 6) is 1.26. The molecule has 0 unspecified atom stereocenters. The molecule has 1 aromatic carbocycles. The van der Waals surface area contributed by atoms with E-state index < -0.39 is 0 Å². The van der Waals surface area contributed by atoms with Gasteiger partial charge in [0.25, 0.3) is 0 Å². The number of rotatable bonds is 5. The first-order chi connectivity index (χ1) is 10.0. The van der Waals surface area contributed by atoms with Crippen LogP contribution in [0.1, 0.15) is 30.3 Å². The first-order valence-corrected chi connectivity index (χ1v) is 7.38. The lowest BCUT2D eigenvalue weighted by molar-refractivity contribution is 0.607. The van der Waals surface area contributed by atoms with Gasteiger partial charge >= 0.3 is 0 Å². The molecule has 0 aliphatic rings. The van der Waals surface area contributed by atoms with Crippen molar-refractivity contribution in [1.29, 1.82) is 0 Å². The molecule has 21 heavy (non-hydrogen) atoms. The van der Waals surface area contributed by atoms with Gasteiger partial charge in [0.2, 0.25) is 0 Å². The highest BCUT2D eigenvalue weighted by atomic mass is 35.5. The topological polar surface area (TPSA) is 29.0 Å². The van der Waals surface area contributed by atoms with Gasteiger partial charge in [-0.3, -0.25) is 0 Å². The number of hydrogen-bond donors (Lipinski definition) is 0. The van der Waals surface area contributed by atoms with E-state index in [2.05, 4.69) is 16.9 Å². The number of aryl methyl sites for hydroxylation is 1. The third-order valence-electron chi connectivity index (χ3n) is 3.31. The molecule has 1 aromatic heterocycles. The molecule has 0 aliphatic heterocycles. The predicted octanol–water partition coefficient (Wildman–Crippen LogP) is 4.17. The maximum Gasteiger partial charge on any atom is 0.137 e. The maximum atomic E-state index is 13.8. The van der Waals surface area contributed by atoms with Gasteiger partial charge in [-0.1, -0.05) is 36.7 Å². The van der Waals surface area contributed by atoms with Crippen molar-refractivity contribution >= 4 is 17.4 Å². The van der Waals surface area contributed by atoms with Crippen molar-refractivity contribution in [1.82, 2.24) is 9.97 Å². The molecule has 0 saturated heterocycles. The van der Waals surface area contributed by atoms with Gasteiger partial charge in [0.1, 0.15) is 22.6 Å². The smallest absolute Gasteiger partial charge is 0.137 e. The average molecular weight is 308 g/mol. The molecule has 0 fully saturated rings. The van der Waals surface area contributed by atoms with Crippen molar-refractivity contribution in [2.45, 2.75) is 33.2 Å². The number of nitrogens with zero attached hydrogens (tertiary/aromatic N) is 3. The fourth-order valence-corrected chi connectivity index (χ4v) is 2.37. The number of benzene rings is 1. The molecule has 2 rings (SSSR count). The Morgan fingerprint density at radius 1 is 1.24 bits per heavy atom. The molecule has 0 radical (unpaired) electrons. The van der Waals surface area contributed by atoms with Gasteiger partial charge in [-0.25, -0.2) is 14.4 Å². The van der Waals surface area contributed by atoms with Gasteiger partial charge < -0.3 is 4.90 Å². The number of halogens is 2. The van der Waals surface area contributed by atoms with Gasteiger partial charge in [0, 0.05) is 31.1 Å². The van der Waals surface area contributed by atoms with E-state index >= 15 is 0 Å². The van der Waals surface area contributed by atoms with E-state index in [1.54, 1.807) is 12.1 Å². The van der Waals surface area contributed by atoms with Crippen molar-refractivity contribution in [3.63, 3.8) is 0 Å². The van der Waals surface area contributed by atoms with Gasteiger partial charge in [-0.2, -0.15) is 0 Å². The third-order valence-corrected chi connectivity index (χ3v) is 3.68. The summed E-state index contributed by atoms with van der Waals surface area (Å²) >= 11 is 6.18. The van der Waals surface area contributed by atoms with Crippen LogP contribution >= 0.6 is 11.6 Å². The lowest BCUT2D eigenvalue weighted by atomic mass is 10.2. The van der Waals surface area contributed by atoms with Crippen LogP contribution in [0, 0.1) is 12.7 Å². The Kier molecular flexibility index (Phi) is 5.12. The van der Waals surface area contributed by atoms with Crippen molar-refractivity contribution in [2.75, 3.05) is 11.9 Å². The van der Waals surface area contributed by atoms with Crippen LogP contribution in [0.3, 0.4) is 0 Å². The first-order valence-electron chi connectivity index (χ1n) is 7.00. The fraction of sp³-hybridized carbons (Fsp3) is 0.375. The Balaban J connectivity index is 2.30. The molecule has 0 amide bonds. The van der Waals surface area contributed by atoms with Gasteiger partial charge in [-0.15, -0.1) is 0 Å². The lowest BCUT2D eigenvalue weighted by Crippen LogP contribution is -2.21. The second kappa shape index (κ2) is 6.85. The Bertz CT molecular complexity index is 631. The van der Waals surface area contributed by atoms with E-state index in [1.165, 1.54) is 6.07 Å². The van der Waals surface area contributed by atoms with E-state index in [0.717, 1.165) is 30.0 Å².